The molecule has 2 aliphatic carbocycles. The van der Waals surface area contributed by atoms with E-state index in [2.05, 4.69) is 24.0 Å². The highest BCUT2D eigenvalue weighted by Gasteiger charge is 2.51. The Morgan fingerprint density at radius 3 is 2.54 bits per heavy atom. The van der Waals surface area contributed by atoms with Crippen LogP contribution >= 0.6 is 0 Å². The van der Waals surface area contributed by atoms with Gasteiger partial charge in [0.25, 0.3) is 0 Å². The van der Waals surface area contributed by atoms with E-state index in [4.69, 9.17) is 4.74 Å². The van der Waals surface area contributed by atoms with Gasteiger partial charge < -0.3 is 14.6 Å². The number of H-pyrrole nitrogens is 1. The van der Waals surface area contributed by atoms with Crippen LogP contribution in [0, 0.1) is 11.7 Å². The minimum atomic E-state index is -0.211. The molecule has 0 unspecified atom stereocenters. The Hall–Kier alpha value is -1.39. The lowest BCUT2D eigenvalue weighted by Crippen LogP contribution is -2.56. The minimum Gasteiger partial charge on any atom is -0.368 e. The van der Waals surface area contributed by atoms with Crippen molar-refractivity contribution in [2.45, 2.75) is 75.3 Å². The summed E-state index contributed by atoms with van der Waals surface area (Å²) >= 11 is 0. The molecule has 28 heavy (non-hydrogen) atoms. The third kappa shape index (κ3) is 2.75. The Morgan fingerprint density at radius 2 is 1.82 bits per heavy atom. The molecule has 4 heteroatoms. The topological polar surface area (TPSA) is 28.3 Å². The van der Waals surface area contributed by atoms with Gasteiger partial charge in [0.2, 0.25) is 0 Å². The van der Waals surface area contributed by atoms with E-state index in [9.17, 15) is 4.39 Å². The lowest BCUT2D eigenvalue weighted by atomic mass is 9.62. The highest BCUT2D eigenvalue weighted by atomic mass is 19.1. The summed E-state index contributed by atoms with van der Waals surface area (Å²) < 4.78 is 20.4. The average molecular weight is 385 g/mol. The molecule has 0 radical (unpaired) electrons. The molecule has 2 heterocycles. The molecule has 2 aromatic rings. The molecule has 0 amide bonds. The zero-order valence-corrected chi connectivity index (χ0v) is 17.3. The third-order valence-corrected chi connectivity index (χ3v) is 8.23. The third-order valence-electron chi connectivity index (χ3n) is 8.23. The van der Waals surface area contributed by atoms with Crippen molar-refractivity contribution in [1.82, 2.24) is 9.88 Å². The highest BCUT2D eigenvalue weighted by Crippen LogP contribution is 2.53. The van der Waals surface area contributed by atoms with E-state index >= 15 is 0 Å². The summed E-state index contributed by atoms with van der Waals surface area (Å²) in [6.07, 6.45) is 12.3. The van der Waals surface area contributed by atoms with Gasteiger partial charge in [-0.15, -0.1) is 0 Å². The Bertz CT molecular complexity index is 857. The number of nitrogens with zero attached hydrogens (tertiary/aromatic N) is 1. The number of hydrogen-bond donors (Lipinski definition) is 1. The summed E-state index contributed by atoms with van der Waals surface area (Å²) in [5.74, 6) is 0.663. The van der Waals surface area contributed by atoms with E-state index in [0.717, 1.165) is 42.7 Å². The van der Waals surface area contributed by atoms with E-state index in [0.29, 0.717) is 5.54 Å². The molecule has 1 spiro atoms. The van der Waals surface area contributed by atoms with Crippen molar-refractivity contribution in [3.05, 3.63) is 35.3 Å². The van der Waals surface area contributed by atoms with Crippen LogP contribution in [0.2, 0.25) is 0 Å². The van der Waals surface area contributed by atoms with Crippen LogP contribution in [0.3, 0.4) is 0 Å². The second-order valence-corrected chi connectivity index (χ2v) is 9.59. The Labute approximate surface area is 167 Å². The number of hydrogen-bond acceptors (Lipinski definition) is 2. The van der Waals surface area contributed by atoms with Crippen molar-refractivity contribution in [3.8, 4) is 0 Å². The van der Waals surface area contributed by atoms with Crippen molar-refractivity contribution in [1.29, 1.82) is 0 Å². The van der Waals surface area contributed by atoms with Gasteiger partial charge in [-0.25, -0.2) is 4.39 Å². The zero-order valence-electron chi connectivity index (χ0n) is 17.3. The molecule has 1 aromatic heterocycles. The smallest absolute Gasteiger partial charge is 0.123 e. The van der Waals surface area contributed by atoms with E-state index in [1.165, 1.54) is 56.2 Å². The normalized spacial score (nSPS) is 31.6. The molecule has 152 valence electrons. The lowest BCUT2D eigenvalue weighted by molar-refractivity contribution is -0.123. The first-order valence-corrected chi connectivity index (χ1v) is 11.2. The predicted octanol–water partition coefficient (Wildman–Crippen LogP) is 5.53. The van der Waals surface area contributed by atoms with Gasteiger partial charge in [-0.05, 0) is 88.7 Å². The number of ether oxygens (including phenoxy) is 1. The molecule has 0 saturated heterocycles. The average Bonchev–Trinajstić information content (AvgIpc) is 3.09. The number of nitrogens with one attached hydrogen (secondary N) is 1. The van der Waals surface area contributed by atoms with Crippen LogP contribution in [0.1, 0.15) is 69.0 Å². The molecular weight excluding hydrogens is 351 g/mol. The molecule has 0 bridgehead atoms. The summed E-state index contributed by atoms with van der Waals surface area (Å²) in [7, 11) is 4.57. The second-order valence-electron chi connectivity index (χ2n) is 9.59. The fraction of sp³-hybridized carbons (Fsp3) is 0.667. The second kappa shape index (κ2) is 6.84. The molecule has 3 nitrogen and oxygen atoms in total. The number of aromatic amines is 1. The number of benzene rings is 1. The summed E-state index contributed by atoms with van der Waals surface area (Å²) in [4.78, 5) is 6.16. The van der Waals surface area contributed by atoms with Gasteiger partial charge in [0.1, 0.15) is 11.4 Å². The first-order chi connectivity index (χ1) is 13.5. The number of halogens is 1. The van der Waals surface area contributed by atoms with Crippen LogP contribution in [0.15, 0.2) is 18.2 Å². The Balaban J connectivity index is 1.48. The van der Waals surface area contributed by atoms with Crippen LogP contribution in [-0.2, 0) is 16.8 Å². The van der Waals surface area contributed by atoms with Crippen LogP contribution in [-0.4, -0.2) is 36.1 Å². The van der Waals surface area contributed by atoms with Crippen molar-refractivity contribution >= 4 is 10.9 Å². The van der Waals surface area contributed by atoms with E-state index < -0.39 is 0 Å². The monoisotopic (exact) mass is 384 g/mol. The van der Waals surface area contributed by atoms with Crippen LogP contribution in [0.4, 0.5) is 4.39 Å². The van der Waals surface area contributed by atoms with E-state index in [1.54, 1.807) is 12.1 Å². The highest BCUT2D eigenvalue weighted by molar-refractivity contribution is 5.85. The lowest BCUT2D eigenvalue weighted by Gasteiger charge is -2.54. The number of rotatable bonds is 2. The van der Waals surface area contributed by atoms with Crippen LogP contribution in [0.25, 0.3) is 10.9 Å². The van der Waals surface area contributed by atoms with Crippen LogP contribution < -0.4 is 0 Å². The minimum absolute atomic E-state index is 0.151. The van der Waals surface area contributed by atoms with Crippen molar-refractivity contribution in [2.75, 3.05) is 20.7 Å². The fourth-order valence-electron chi connectivity index (χ4n) is 6.63. The summed E-state index contributed by atoms with van der Waals surface area (Å²) in [6.45, 7) is 0.745. The first-order valence-electron chi connectivity index (χ1n) is 11.2. The maximum absolute atomic E-state index is 13.9. The summed E-state index contributed by atoms with van der Waals surface area (Å²) in [6, 6.07) is 5.13. The molecule has 1 aliphatic heterocycles. The molecule has 1 aromatic carbocycles. The first kappa shape index (κ1) is 18.6. The standard InChI is InChI=1S/C24H33FN2O/c1-27(2)23(17-6-4-3-5-7-17)11-13-24(14-12-23)22-19(10-15-28-24)20-16-18(25)8-9-21(20)26-22/h8-9,16-17,26H,3-7,10-15H2,1-2H3. The molecule has 2 saturated carbocycles. The van der Waals surface area contributed by atoms with Crippen molar-refractivity contribution in [3.63, 3.8) is 0 Å². The maximum atomic E-state index is 13.9. The van der Waals surface area contributed by atoms with Gasteiger partial charge in [0.05, 0.1) is 12.3 Å². The molecule has 3 aliphatic rings. The van der Waals surface area contributed by atoms with Gasteiger partial charge in [0.15, 0.2) is 0 Å². The Kier molecular flexibility index (Phi) is 4.55. The molecule has 5 rings (SSSR count). The molecule has 1 N–H and O–H groups in total. The van der Waals surface area contributed by atoms with Gasteiger partial charge in [0, 0.05) is 16.4 Å². The van der Waals surface area contributed by atoms with Crippen molar-refractivity contribution < 1.29 is 9.13 Å². The molecular formula is C24H33FN2O. The van der Waals surface area contributed by atoms with Gasteiger partial charge >= 0.3 is 0 Å². The Morgan fingerprint density at radius 1 is 1.07 bits per heavy atom. The molecule has 0 atom stereocenters. The number of aromatic nitrogens is 1. The summed E-state index contributed by atoms with van der Waals surface area (Å²) in [5.41, 5.74) is 3.67. The van der Waals surface area contributed by atoms with Gasteiger partial charge in [-0.1, -0.05) is 19.3 Å². The SMILES string of the molecule is CN(C)C1(C2CCCCC2)CCC2(CC1)OCCc1c2[nH]c2ccc(F)cc12. The van der Waals surface area contributed by atoms with E-state index in [1.807, 2.05) is 6.07 Å². The van der Waals surface area contributed by atoms with Crippen molar-refractivity contribution in [2.24, 2.45) is 5.92 Å². The largest absolute Gasteiger partial charge is 0.368 e. The van der Waals surface area contributed by atoms with E-state index in [-0.39, 0.29) is 11.4 Å². The summed E-state index contributed by atoms with van der Waals surface area (Å²) in [5, 5.41) is 1.05. The quantitative estimate of drug-likeness (QED) is 0.737. The predicted molar refractivity (Wildman–Crippen MR) is 111 cm³/mol. The maximum Gasteiger partial charge on any atom is 0.123 e. The van der Waals surface area contributed by atoms with Gasteiger partial charge in [-0.3, -0.25) is 0 Å². The number of fused-ring (bicyclic) bond motifs is 4. The molecule has 2 fully saturated rings. The fourth-order valence-corrected chi connectivity index (χ4v) is 6.63. The van der Waals surface area contributed by atoms with Gasteiger partial charge in [-0.2, -0.15) is 0 Å². The zero-order chi connectivity index (χ0) is 19.4. The van der Waals surface area contributed by atoms with Crippen LogP contribution in [0.5, 0.6) is 0 Å².